The van der Waals surface area contributed by atoms with E-state index in [0.717, 1.165) is 22.6 Å². The molecule has 3 heterocycles. The molecule has 1 atom stereocenters. The van der Waals surface area contributed by atoms with E-state index in [1.165, 1.54) is 0 Å². The number of aromatic amines is 2. The van der Waals surface area contributed by atoms with E-state index < -0.39 is 0 Å². The number of hydrogen-bond donors (Lipinski definition) is 3. The van der Waals surface area contributed by atoms with Gasteiger partial charge in [-0.05, 0) is 38.1 Å². The van der Waals surface area contributed by atoms with Crippen molar-refractivity contribution in [3.63, 3.8) is 0 Å². The van der Waals surface area contributed by atoms with Gasteiger partial charge >= 0.3 is 0 Å². The molecule has 0 spiro atoms. The van der Waals surface area contributed by atoms with Gasteiger partial charge in [0.1, 0.15) is 11.6 Å². The molecule has 3 N–H and O–H groups in total. The third-order valence-electron chi connectivity index (χ3n) is 4.90. The SMILES string of the molecule is COc1ccc(-c2[nH]ncc2[C@@H]2CC(=O)Nc3c2c(=O)[nH]n3C(C)C)cc1. The lowest BCUT2D eigenvalue weighted by molar-refractivity contribution is -0.116. The molecule has 3 aromatic rings. The van der Waals surface area contributed by atoms with Gasteiger partial charge in [0.2, 0.25) is 5.91 Å². The molecule has 0 saturated heterocycles. The van der Waals surface area contributed by atoms with Crippen LogP contribution >= 0.6 is 0 Å². The van der Waals surface area contributed by atoms with Crippen molar-refractivity contribution in [2.75, 3.05) is 12.4 Å². The molecule has 0 fully saturated rings. The second kappa shape index (κ2) is 6.46. The van der Waals surface area contributed by atoms with E-state index in [1.54, 1.807) is 18.0 Å². The molecule has 0 aliphatic carbocycles. The average Bonchev–Trinajstić information content (AvgIpc) is 3.26. The highest BCUT2D eigenvalue weighted by molar-refractivity contribution is 5.94. The van der Waals surface area contributed by atoms with Crippen LogP contribution in [0.25, 0.3) is 11.3 Å². The first-order chi connectivity index (χ1) is 13.0. The van der Waals surface area contributed by atoms with Crippen LogP contribution in [0.4, 0.5) is 5.82 Å². The lowest BCUT2D eigenvalue weighted by Gasteiger charge is -2.24. The number of nitrogens with zero attached hydrogens (tertiary/aromatic N) is 2. The molecular formula is C19H21N5O3. The Morgan fingerprint density at radius 1 is 1.22 bits per heavy atom. The summed E-state index contributed by atoms with van der Waals surface area (Å²) in [5.74, 6) is 0.805. The maximum absolute atomic E-state index is 12.7. The monoisotopic (exact) mass is 367 g/mol. The number of ether oxygens (including phenoxy) is 1. The third kappa shape index (κ3) is 2.83. The predicted molar refractivity (Wildman–Crippen MR) is 101 cm³/mol. The van der Waals surface area contributed by atoms with Gasteiger partial charge in [-0.1, -0.05) is 0 Å². The van der Waals surface area contributed by atoms with E-state index in [-0.39, 0.29) is 29.8 Å². The Morgan fingerprint density at radius 3 is 2.63 bits per heavy atom. The van der Waals surface area contributed by atoms with Crippen molar-refractivity contribution in [3.05, 3.63) is 51.9 Å². The summed E-state index contributed by atoms with van der Waals surface area (Å²) in [5.41, 5.74) is 2.91. The molecule has 1 aliphatic heterocycles. The van der Waals surface area contributed by atoms with Crippen molar-refractivity contribution >= 4 is 11.7 Å². The number of rotatable bonds is 4. The highest BCUT2D eigenvalue weighted by atomic mass is 16.5. The van der Waals surface area contributed by atoms with Crippen molar-refractivity contribution in [1.29, 1.82) is 0 Å². The zero-order valence-corrected chi connectivity index (χ0v) is 15.4. The fourth-order valence-corrected chi connectivity index (χ4v) is 3.59. The summed E-state index contributed by atoms with van der Waals surface area (Å²) in [5, 5.41) is 12.9. The Morgan fingerprint density at radius 2 is 1.96 bits per heavy atom. The van der Waals surface area contributed by atoms with Crippen LogP contribution < -0.4 is 15.6 Å². The van der Waals surface area contributed by atoms with E-state index >= 15 is 0 Å². The smallest absolute Gasteiger partial charge is 0.270 e. The molecule has 1 aliphatic rings. The normalized spacial score (nSPS) is 16.3. The highest BCUT2D eigenvalue weighted by Gasteiger charge is 2.35. The average molecular weight is 367 g/mol. The van der Waals surface area contributed by atoms with Gasteiger partial charge in [0.15, 0.2) is 0 Å². The standard InChI is InChI=1S/C19H21N5O3/c1-10(2)24-18-16(19(26)23-24)13(8-15(25)21-18)14-9-20-22-17(14)11-4-6-12(27-3)7-5-11/h4-7,9-10,13H,8H2,1-3H3,(H,20,22)(H,21,25)(H,23,26)/t13-/m0/s1. The Bertz CT molecular complexity index is 1040. The maximum Gasteiger partial charge on any atom is 0.270 e. The number of carbonyl (C=O) groups is 1. The molecule has 1 amide bonds. The van der Waals surface area contributed by atoms with Crippen LogP contribution in [0.2, 0.25) is 0 Å². The minimum atomic E-state index is -0.367. The first-order valence-corrected chi connectivity index (χ1v) is 8.81. The van der Waals surface area contributed by atoms with Gasteiger partial charge < -0.3 is 10.1 Å². The number of fused-ring (bicyclic) bond motifs is 1. The van der Waals surface area contributed by atoms with Gasteiger partial charge in [0, 0.05) is 29.5 Å². The minimum Gasteiger partial charge on any atom is -0.497 e. The molecule has 140 valence electrons. The van der Waals surface area contributed by atoms with E-state index in [0.29, 0.717) is 11.4 Å². The molecule has 4 rings (SSSR count). The van der Waals surface area contributed by atoms with Crippen LogP contribution in [0, 0.1) is 0 Å². The minimum absolute atomic E-state index is 0.0194. The van der Waals surface area contributed by atoms with Gasteiger partial charge in [0.25, 0.3) is 5.56 Å². The second-order valence-electron chi connectivity index (χ2n) is 6.90. The van der Waals surface area contributed by atoms with Crippen LogP contribution in [0.1, 0.15) is 43.4 Å². The lowest BCUT2D eigenvalue weighted by Crippen LogP contribution is -2.27. The van der Waals surface area contributed by atoms with Crippen LogP contribution in [-0.4, -0.2) is 33.0 Å². The number of nitrogens with one attached hydrogen (secondary N) is 3. The van der Waals surface area contributed by atoms with Gasteiger partial charge in [-0.2, -0.15) is 5.10 Å². The molecule has 0 bridgehead atoms. The van der Waals surface area contributed by atoms with Gasteiger partial charge in [-0.3, -0.25) is 24.5 Å². The number of amides is 1. The zero-order valence-electron chi connectivity index (χ0n) is 15.4. The predicted octanol–water partition coefficient (Wildman–Crippen LogP) is 2.63. The van der Waals surface area contributed by atoms with E-state index in [2.05, 4.69) is 20.6 Å². The van der Waals surface area contributed by atoms with Crippen molar-refractivity contribution < 1.29 is 9.53 Å². The Labute approximate surface area is 155 Å². The number of aromatic nitrogens is 4. The topological polar surface area (TPSA) is 105 Å². The van der Waals surface area contributed by atoms with Crippen molar-refractivity contribution in [2.24, 2.45) is 0 Å². The first kappa shape index (κ1) is 17.1. The Balaban J connectivity index is 1.83. The van der Waals surface area contributed by atoms with Crippen LogP contribution in [0.5, 0.6) is 5.75 Å². The van der Waals surface area contributed by atoms with Crippen LogP contribution in [0.15, 0.2) is 35.3 Å². The van der Waals surface area contributed by atoms with Gasteiger partial charge in [-0.25, -0.2) is 0 Å². The summed E-state index contributed by atoms with van der Waals surface area (Å²) in [6, 6.07) is 7.58. The third-order valence-corrected chi connectivity index (χ3v) is 4.90. The Hall–Kier alpha value is -3.29. The van der Waals surface area contributed by atoms with Crippen molar-refractivity contribution in [2.45, 2.75) is 32.2 Å². The Kier molecular flexibility index (Phi) is 4.10. The molecule has 0 radical (unpaired) electrons. The van der Waals surface area contributed by atoms with Gasteiger partial charge in [-0.15, -0.1) is 0 Å². The molecule has 0 saturated carbocycles. The molecule has 8 heteroatoms. The fraction of sp³-hybridized carbons (Fsp3) is 0.316. The summed E-state index contributed by atoms with van der Waals surface area (Å²) in [4.78, 5) is 25.0. The summed E-state index contributed by atoms with van der Waals surface area (Å²) < 4.78 is 6.91. The van der Waals surface area contributed by atoms with Crippen LogP contribution in [-0.2, 0) is 4.79 Å². The van der Waals surface area contributed by atoms with Gasteiger partial charge in [0.05, 0.1) is 24.6 Å². The number of carbonyl (C=O) groups excluding carboxylic acids is 1. The van der Waals surface area contributed by atoms with E-state index in [9.17, 15) is 9.59 Å². The van der Waals surface area contributed by atoms with Crippen molar-refractivity contribution in [3.8, 4) is 17.0 Å². The number of hydrogen-bond acceptors (Lipinski definition) is 4. The van der Waals surface area contributed by atoms with E-state index in [4.69, 9.17) is 4.74 Å². The molecule has 2 aromatic heterocycles. The number of methoxy groups -OCH3 is 1. The highest BCUT2D eigenvalue weighted by Crippen LogP contribution is 2.39. The first-order valence-electron chi connectivity index (χ1n) is 8.81. The molecule has 0 unspecified atom stereocenters. The summed E-state index contributed by atoms with van der Waals surface area (Å²) >= 11 is 0. The lowest BCUT2D eigenvalue weighted by atomic mass is 9.86. The number of benzene rings is 1. The molecule has 27 heavy (non-hydrogen) atoms. The molecule has 1 aromatic carbocycles. The number of H-pyrrole nitrogens is 2. The van der Waals surface area contributed by atoms with Crippen LogP contribution in [0.3, 0.4) is 0 Å². The maximum atomic E-state index is 12.7. The van der Waals surface area contributed by atoms with Crippen molar-refractivity contribution in [1.82, 2.24) is 20.0 Å². The largest absolute Gasteiger partial charge is 0.497 e. The molecular weight excluding hydrogens is 346 g/mol. The zero-order chi connectivity index (χ0) is 19.1. The second-order valence-corrected chi connectivity index (χ2v) is 6.90. The summed E-state index contributed by atoms with van der Waals surface area (Å²) in [6.45, 7) is 3.90. The van der Waals surface area contributed by atoms with E-state index in [1.807, 2.05) is 38.1 Å². The summed E-state index contributed by atoms with van der Waals surface area (Å²) in [7, 11) is 1.62. The number of anilines is 1. The fourth-order valence-electron chi connectivity index (χ4n) is 3.59. The molecule has 8 nitrogen and oxygen atoms in total. The quantitative estimate of drug-likeness (QED) is 0.659. The summed E-state index contributed by atoms with van der Waals surface area (Å²) in [6.07, 6.45) is 1.89.